The van der Waals surface area contributed by atoms with Gasteiger partial charge in [-0.2, -0.15) is 9.78 Å². The van der Waals surface area contributed by atoms with Crippen LogP contribution in [0.1, 0.15) is 10.4 Å². The molecule has 0 unspecified atom stereocenters. The summed E-state index contributed by atoms with van der Waals surface area (Å²) >= 11 is 7.66. The van der Waals surface area contributed by atoms with Gasteiger partial charge in [0.2, 0.25) is 5.82 Å². The maximum Gasteiger partial charge on any atom is 0.282 e. The van der Waals surface area contributed by atoms with Crippen molar-refractivity contribution >= 4 is 51.0 Å². The molecule has 142 valence electrons. The summed E-state index contributed by atoms with van der Waals surface area (Å²) < 4.78 is 7.25. The number of rotatable bonds is 3. The van der Waals surface area contributed by atoms with Gasteiger partial charge in [-0.3, -0.25) is 4.79 Å². The molecular formula is C22H14ClN3O2S. The molecular weight excluding hydrogens is 406 g/mol. The maximum absolute atomic E-state index is 13.2. The monoisotopic (exact) mass is 419 g/mol. The zero-order valence-electron chi connectivity index (χ0n) is 15.3. The van der Waals surface area contributed by atoms with Crippen LogP contribution in [0.4, 0.5) is 0 Å². The summed E-state index contributed by atoms with van der Waals surface area (Å²) in [4.78, 5) is 18.8. The lowest BCUT2D eigenvalue weighted by atomic mass is 10.2. The number of thiophene rings is 1. The highest BCUT2D eigenvalue weighted by atomic mass is 35.5. The number of nitrogens with zero attached hydrogens (tertiary/aromatic N) is 3. The fourth-order valence-corrected chi connectivity index (χ4v) is 4.10. The van der Waals surface area contributed by atoms with E-state index >= 15 is 0 Å². The third-order valence-electron chi connectivity index (χ3n) is 4.64. The van der Waals surface area contributed by atoms with Gasteiger partial charge in [0.25, 0.3) is 5.56 Å². The Kier molecular flexibility index (Phi) is 4.30. The number of aryl methyl sites for hydroxylation is 1. The van der Waals surface area contributed by atoms with Crippen molar-refractivity contribution in [2.45, 2.75) is 6.92 Å². The van der Waals surface area contributed by atoms with Crippen LogP contribution in [0.2, 0.25) is 5.02 Å². The lowest BCUT2D eigenvalue weighted by molar-refractivity contribution is 0.616. The van der Waals surface area contributed by atoms with Crippen LogP contribution in [0.3, 0.4) is 0 Å². The van der Waals surface area contributed by atoms with Crippen LogP contribution in [0.5, 0.6) is 0 Å². The second-order valence-electron chi connectivity index (χ2n) is 6.57. The maximum atomic E-state index is 13.2. The SMILES string of the molecule is Cc1ccsc1C=Nn1c(-c2cc3cc(Cl)ccc3o2)nc2ccccc2c1=O. The van der Waals surface area contributed by atoms with Gasteiger partial charge in [0.05, 0.1) is 22.0 Å². The molecule has 0 aliphatic heterocycles. The number of aromatic nitrogens is 2. The average molecular weight is 420 g/mol. The van der Waals surface area contributed by atoms with Gasteiger partial charge < -0.3 is 4.42 Å². The Hall–Kier alpha value is -3.22. The zero-order valence-corrected chi connectivity index (χ0v) is 16.9. The summed E-state index contributed by atoms with van der Waals surface area (Å²) in [6.45, 7) is 2.00. The van der Waals surface area contributed by atoms with Gasteiger partial charge in [0.15, 0.2) is 5.76 Å². The summed E-state index contributed by atoms with van der Waals surface area (Å²) in [6.07, 6.45) is 1.68. The molecule has 0 saturated heterocycles. The van der Waals surface area contributed by atoms with E-state index in [1.54, 1.807) is 41.8 Å². The van der Waals surface area contributed by atoms with E-state index in [4.69, 9.17) is 16.0 Å². The van der Waals surface area contributed by atoms with Crippen LogP contribution >= 0.6 is 22.9 Å². The van der Waals surface area contributed by atoms with E-state index in [1.807, 2.05) is 42.6 Å². The fourth-order valence-electron chi connectivity index (χ4n) is 3.14. The molecule has 0 N–H and O–H groups in total. The third-order valence-corrected chi connectivity index (χ3v) is 5.83. The largest absolute Gasteiger partial charge is 0.453 e. The Balaban J connectivity index is 1.77. The first-order valence-electron chi connectivity index (χ1n) is 8.90. The van der Waals surface area contributed by atoms with Gasteiger partial charge in [0.1, 0.15) is 5.58 Å². The van der Waals surface area contributed by atoms with Crippen LogP contribution in [0, 0.1) is 6.92 Å². The number of para-hydroxylation sites is 1. The number of furan rings is 1. The Labute approximate surface area is 174 Å². The van der Waals surface area contributed by atoms with E-state index in [0.29, 0.717) is 33.1 Å². The lowest BCUT2D eigenvalue weighted by Crippen LogP contribution is -2.20. The highest BCUT2D eigenvalue weighted by Gasteiger charge is 2.16. The molecule has 3 aromatic heterocycles. The minimum absolute atomic E-state index is 0.255. The molecule has 0 radical (unpaired) electrons. The molecule has 0 fully saturated rings. The van der Waals surface area contributed by atoms with Crippen molar-refractivity contribution in [3.63, 3.8) is 0 Å². The van der Waals surface area contributed by atoms with Crippen LogP contribution in [0.15, 0.2) is 74.3 Å². The van der Waals surface area contributed by atoms with Gasteiger partial charge in [-0.1, -0.05) is 23.7 Å². The molecule has 0 aliphatic rings. The topological polar surface area (TPSA) is 60.4 Å². The van der Waals surface area contributed by atoms with Crippen molar-refractivity contribution in [2.75, 3.05) is 0 Å². The highest BCUT2D eigenvalue weighted by molar-refractivity contribution is 7.11. The van der Waals surface area contributed by atoms with Gasteiger partial charge in [-0.05, 0) is 60.3 Å². The molecule has 2 aromatic carbocycles. The van der Waals surface area contributed by atoms with Crippen molar-refractivity contribution in [3.8, 4) is 11.6 Å². The van der Waals surface area contributed by atoms with Gasteiger partial charge in [-0.25, -0.2) is 4.98 Å². The number of benzene rings is 2. The molecule has 0 saturated carbocycles. The van der Waals surface area contributed by atoms with E-state index in [0.717, 1.165) is 15.8 Å². The quantitative estimate of drug-likeness (QED) is 0.351. The second kappa shape index (κ2) is 6.99. The molecule has 0 spiro atoms. The van der Waals surface area contributed by atoms with Crippen molar-refractivity contribution < 1.29 is 4.42 Å². The number of hydrogen-bond donors (Lipinski definition) is 0. The van der Waals surface area contributed by atoms with Gasteiger partial charge in [-0.15, -0.1) is 11.3 Å². The first-order valence-corrected chi connectivity index (χ1v) is 10.2. The van der Waals surface area contributed by atoms with Crippen molar-refractivity contribution in [1.82, 2.24) is 9.66 Å². The molecule has 5 aromatic rings. The summed E-state index contributed by atoms with van der Waals surface area (Å²) in [5.41, 5.74) is 2.09. The number of halogens is 1. The van der Waals surface area contributed by atoms with E-state index in [1.165, 1.54) is 4.68 Å². The third kappa shape index (κ3) is 3.16. The standard InChI is InChI=1S/C22H14ClN3O2S/c1-13-8-9-29-20(13)12-24-26-21(25-17-5-3-2-4-16(17)22(26)27)19-11-14-10-15(23)6-7-18(14)28-19/h2-12H,1H3. The molecule has 29 heavy (non-hydrogen) atoms. The van der Waals surface area contributed by atoms with E-state index in [9.17, 15) is 4.79 Å². The Morgan fingerprint density at radius 3 is 2.86 bits per heavy atom. The molecule has 0 amide bonds. The normalized spacial score (nSPS) is 11.8. The predicted molar refractivity (Wildman–Crippen MR) is 118 cm³/mol. The highest BCUT2D eigenvalue weighted by Crippen LogP contribution is 2.29. The smallest absolute Gasteiger partial charge is 0.282 e. The van der Waals surface area contributed by atoms with E-state index in [2.05, 4.69) is 10.1 Å². The first kappa shape index (κ1) is 17.8. The fraction of sp³-hybridized carbons (Fsp3) is 0.0455. The van der Waals surface area contributed by atoms with Crippen molar-refractivity contribution in [1.29, 1.82) is 0 Å². The molecule has 0 atom stereocenters. The Morgan fingerprint density at radius 1 is 1.17 bits per heavy atom. The molecule has 0 aliphatic carbocycles. The summed E-state index contributed by atoms with van der Waals surface area (Å²) in [6, 6.07) is 16.4. The summed E-state index contributed by atoms with van der Waals surface area (Å²) in [5, 5.41) is 8.39. The van der Waals surface area contributed by atoms with Crippen LogP contribution in [-0.4, -0.2) is 15.9 Å². The molecule has 0 bridgehead atoms. The van der Waals surface area contributed by atoms with E-state index < -0.39 is 0 Å². The number of hydrogen-bond acceptors (Lipinski definition) is 5. The lowest BCUT2D eigenvalue weighted by Gasteiger charge is -2.07. The molecule has 5 rings (SSSR count). The number of fused-ring (bicyclic) bond motifs is 2. The van der Waals surface area contributed by atoms with Crippen LogP contribution in [-0.2, 0) is 0 Å². The van der Waals surface area contributed by atoms with Crippen molar-refractivity contribution in [3.05, 3.63) is 85.8 Å². The summed E-state index contributed by atoms with van der Waals surface area (Å²) in [7, 11) is 0. The minimum atomic E-state index is -0.255. The Morgan fingerprint density at radius 2 is 2.03 bits per heavy atom. The minimum Gasteiger partial charge on any atom is -0.453 e. The van der Waals surface area contributed by atoms with Crippen LogP contribution in [0.25, 0.3) is 33.5 Å². The first-order chi connectivity index (χ1) is 14.1. The van der Waals surface area contributed by atoms with Crippen LogP contribution < -0.4 is 5.56 Å². The van der Waals surface area contributed by atoms with Crippen molar-refractivity contribution in [2.24, 2.45) is 5.10 Å². The second-order valence-corrected chi connectivity index (χ2v) is 7.96. The van der Waals surface area contributed by atoms with E-state index in [-0.39, 0.29) is 5.56 Å². The van der Waals surface area contributed by atoms with Gasteiger partial charge in [0, 0.05) is 10.4 Å². The average Bonchev–Trinajstić information content (AvgIpc) is 3.32. The molecule has 5 nitrogen and oxygen atoms in total. The molecule has 7 heteroatoms. The molecule has 3 heterocycles. The Bertz CT molecular complexity index is 1460. The van der Waals surface area contributed by atoms with Gasteiger partial charge >= 0.3 is 0 Å². The summed E-state index contributed by atoms with van der Waals surface area (Å²) in [5.74, 6) is 0.789. The predicted octanol–water partition coefficient (Wildman–Crippen LogP) is 5.72. The zero-order chi connectivity index (χ0) is 20.0.